The Hall–Kier alpha value is -1.97. The van der Waals surface area contributed by atoms with Gasteiger partial charge in [-0.1, -0.05) is 0 Å². The molecule has 2 heterocycles. The topological polar surface area (TPSA) is 38.4 Å². The lowest BCUT2D eigenvalue weighted by Crippen LogP contribution is -2.28. The zero-order chi connectivity index (χ0) is 12.3. The van der Waals surface area contributed by atoms with Gasteiger partial charge in [-0.05, 0) is 24.3 Å². The standard InChI is InChI=1S/C13H16N2O2/c1-11(16)15(10-13-6-4-8-17-13)9-12-5-3-7-14(12)2/h3-8H,9-10H2,1-2H3. The molecule has 0 N–H and O–H groups in total. The third-order valence-corrected chi connectivity index (χ3v) is 2.78. The Bertz CT molecular complexity index is 485. The van der Waals surface area contributed by atoms with Crippen molar-refractivity contribution in [1.29, 1.82) is 0 Å². The molecule has 0 atom stereocenters. The molecule has 0 unspecified atom stereocenters. The van der Waals surface area contributed by atoms with Crippen molar-refractivity contribution >= 4 is 5.91 Å². The van der Waals surface area contributed by atoms with Crippen molar-refractivity contribution in [3.8, 4) is 0 Å². The summed E-state index contributed by atoms with van der Waals surface area (Å²) in [5.74, 6) is 0.844. The van der Waals surface area contributed by atoms with Crippen LogP contribution in [-0.2, 0) is 24.9 Å². The zero-order valence-corrected chi connectivity index (χ0v) is 10.1. The van der Waals surface area contributed by atoms with Crippen molar-refractivity contribution in [3.63, 3.8) is 0 Å². The van der Waals surface area contributed by atoms with E-state index in [1.165, 1.54) is 0 Å². The molecule has 0 bridgehead atoms. The molecular weight excluding hydrogens is 216 g/mol. The van der Waals surface area contributed by atoms with Crippen LogP contribution in [0.5, 0.6) is 0 Å². The minimum absolute atomic E-state index is 0.0441. The first-order valence-corrected chi connectivity index (χ1v) is 5.55. The molecule has 4 nitrogen and oxygen atoms in total. The molecule has 1 amide bonds. The van der Waals surface area contributed by atoms with Crippen LogP contribution < -0.4 is 0 Å². The highest BCUT2D eigenvalue weighted by Gasteiger charge is 2.12. The molecule has 2 aromatic rings. The summed E-state index contributed by atoms with van der Waals surface area (Å²) in [6, 6.07) is 7.69. The smallest absolute Gasteiger partial charge is 0.220 e. The first-order valence-electron chi connectivity index (χ1n) is 5.55. The van der Waals surface area contributed by atoms with Crippen LogP contribution in [0.1, 0.15) is 18.4 Å². The molecule has 0 spiro atoms. The van der Waals surface area contributed by atoms with Crippen molar-refractivity contribution in [2.75, 3.05) is 0 Å². The Morgan fingerprint density at radius 1 is 1.35 bits per heavy atom. The minimum atomic E-state index is 0.0441. The predicted molar refractivity (Wildman–Crippen MR) is 64.0 cm³/mol. The summed E-state index contributed by atoms with van der Waals surface area (Å²) in [6.07, 6.45) is 3.59. The largest absolute Gasteiger partial charge is 0.467 e. The molecule has 0 saturated heterocycles. The fourth-order valence-electron chi connectivity index (χ4n) is 1.73. The number of amides is 1. The third kappa shape index (κ3) is 2.78. The van der Waals surface area contributed by atoms with Gasteiger partial charge in [0.15, 0.2) is 0 Å². The van der Waals surface area contributed by atoms with E-state index in [1.54, 1.807) is 18.1 Å². The van der Waals surface area contributed by atoms with Gasteiger partial charge in [0, 0.05) is 25.9 Å². The number of carbonyl (C=O) groups excluding carboxylic acids is 1. The van der Waals surface area contributed by atoms with Crippen LogP contribution in [0.25, 0.3) is 0 Å². The van der Waals surface area contributed by atoms with Gasteiger partial charge in [0.05, 0.1) is 19.4 Å². The van der Waals surface area contributed by atoms with Crippen molar-refractivity contribution < 1.29 is 9.21 Å². The maximum Gasteiger partial charge on any atom is 0.220 e. The van der Waals surface area contributed by atoms with Gasteiger partial charge in [-0.3, -0.25) is 4.79 Å². The van der Waals surface area contributed by atoms with Gasteiger partial charge in [0.25, 0.3) is 0 Å². The Morgan fingerprint density at radius 2 is 2.18 bits per heavy atom. The molecule has 0 radical (unpaired) electrons. The molecule has 0 fully saturated rings. The number of rotatable bonds is 4. The summed E-state index contributed by atoms with van der Waals surface area (Å²) >= 11 is 0. The molecule has 0 saturated carbocycles. The van der Waals surface area contributed by atoms with E-state index in [2.05, 4.69) is 0 Å². The van der Waals surface area contributed by atoms with E-state index in [9.17, 15) is 4.79 Å². The fraction of sp³-hybridized carbons (Fsp3) is 0.308. The highest BCUT2D eigenvalue weighted by atomic mass is 16.3. The lowest BCUT2D eigenvalue weighted by atomic mass is 10.3. The van der Waals surface area contributed by atoms with E-state index in [1.807, 2.05) is 42.1 Å². The lowest BCUT2D eigenvalue weighted by molar-refractivity contribution is -0.130. The van der Waals surface area contributed by atoms with Crippen LogP contribution in [0.4, 0.5) is 0 Å². The van der Waals surface area contributed by atoms with E-state index in [0.29, 0.717) is 13.1 Å². The first-order chi connectivity index (χ1) is 8.16. The number of nitrogens with zero attached hydrogens (tertiary/aromatic N) is 2. The van der Waals surface area contributed by atoms with E-state index in [0.717, 1.165) is 11.5 Å². The second-order valence-electron chi connectivity index (χ2n) is 4.06. The molecule has 4 heteroatoms. The van der Waals surface area contributed by atoms with E-state index in [-0.39, 0.29) is 5.91 Å². The predicted octanol–water partition coefficient (Wildman–Crippen LogP) is 2.17. The van der Waals surface area contributed by atoms with Crippen LogP contribution in [0.2, 0.25) is 0 Å². The van der Waals surface area contributed by atoms with Crippen LogP contribution >= 0.6 is 0 Å². The molecule has 0 aliphatic heterocycles. The lowest BCUT2D eigenvalue weighted by Gasteiger charge is -2.20. The Morgan fingerprint density at radius 3 is 2.71 bits per heavy atom. The van der Waals surface area contributed by atoms with E-state index >= 15 is 0 Å². The molecular formula is C13H16N2O2. The Kier molecular flexibility index (Phi) is 3.32. The number of aryl methyl sites for hydroxylation is 1. The second kappa shape index (κ2) is 4.91. The Labute approximate surface area is 100 Å². The van der Waals surface area contributed by atoms with Crippen LogP contribution in [0.3, 0.4) is 0 Å². The summed E-state index contributed by atoms with van der Waals surface area (Å²) in [6.45, 7) is 2.68. The molecule has 0 aliphatic carbocycles. The van der Waals surface area contributed by atoms with E-state index < -0.39 is 0 Å². The van der Waals surface area contributed by atoms with Crippen molar-refractivity contribution in [1.82, 2.24) is 9.47 Å². The maximum absolute atomic E-state index is 11.6. The number of hydrogen-bond donors (Lipinski definition) is 0. The van der Waals surface area contributed by atoms with Gasteiger partial charge in [0.1, 0.15) is 5.76 Å². The fourth-order valence-corrected chi connectivity index (χ4v) is 1.73. The van der Waals surface area contributed by atoms with E-state index in [4.69, 9.17) is 4.42 Å². The highest BCUT2D eigenvalue weighted by Crippen LogP contribution is 2.10. The monoisotopic (exact) mass is 232 g/mol. The van der Waals surface area contributed by atoms with Crippen molar-refractivity contribution in [2.45, 2.75) is 20.0 Å². The van der Waals surface area contributed by atoms with Gasteiger partial charge in [-0.25, -0.2) is 0 Å². The normalized spacial score (nSPS) is 10.5. The first kappa shape index (κ1) is 11.5. The van der Waals surface area contributed by atoms with Crippen molar-refractivity contribution in [3.05, 3.63) is 48.2 Å². The minimum Gasteiger partial charge on any atom is -0.467 e. The SMILES string of the molecule is CC(=O)N(Cc1ccco1)Cc1cccn1C. The van der Waals surface area contributed by atoms with Gasteiger partial charge < -0.3 is 13.9 Å². The summed E-state index contributed by atoms with van der Waals surface area (Å²) in [4.78, 5) is 13.3. The number of aromatic nitrogens is 1. The molecule has 0 aromatic carbocycles. The molecule has 90 valence electrons. The van der Waals surface area contributed by atoms with Gasteiger partial charge in [-0.2, -0.15) is 0 Å². The number of hydrogen-bond acceptors (Lipinski definition) is 2. The van der Waals surface area contributed by atoms with Crippen molar-refractivity contribution in [2.24, 2.45) is 7.05 Å². The summed E-state index contributed by atoms with van der Waals surface area (Å²) in [7, 11) is 1.97. The molecule has 2 rings (SSSR count). The Balaban J connectivity index is 2.08. The van der Waals surface area contributed by atoms with Crippen LogP contribution in [0.15, 0.2) is 41.1 Å². The molecule has 0 aliphatic rings. The van der Waals surface area contributed by atoms with Crippen LogP contribution in [0, 0.1) is 0 Å². The average Bonchev–Trinajstić information content (AvgIpc) is 2.90. The number of carbonyl (C=O) groups is 1. The number of furan rings is 1. The quantitative estimate of drug-likeness (QED) is 0.810. The third-order valence-electron chi connectivity index (χ3n) is 2.78. The molecule has 17 heavy (non-hydrogen) atoms. The zero-order valence-electron chi connectivity index (χ0n) is 10.1. The van der Waals surface area contributed by atoms with Gasteiger partial charge in [-0.15, -0.1) is 0 Å². The van der Waals surface area contributed by atoms with Gasteiger partial charge >= 0.3 is 0 Å². The summed E-state index contributed by atoms with van der Waals surface area (Å²) in [5.41, 5.74) is 1.10. The summed E-state index contributed by atoms with van der Waals surface area (Å²) in [5, 5.41) is 0. The van der Waals surface area contributed by atoms with Gasteiger partial charge in [0.2, 0.25) is 5.91 Å². The highest BCUT2D eigenvalue weighted by molar-refractivity contribution is 5.73. The average molecular weight is 232 g/mol. The molecule has 2 aromatic heterocycles. The maximum atomic E-state index is 11.6. The second-order valence-corrected chi connectivity index (χ2v) is 4.06. The van der Waals surface area contributed by atoms with Crippen LogP contribution in [-0.4, -0.2) is 15.4 Å². The summed E-state index contributed by atoms with van der Waals surface area (Å²) < 4.78 is 7.27.